The van der Waals surface area contributed by atoms with Gasteiger partial charge in [-0.15, -0.1) is 0 Å². The molecule has 1 N–H and O–H groups in total. The summed E-state index contributed by atoms with van der Waals surface area (Å²) >= 11 is 6.74. The average Bonchev–Trinajstić information content (AvgIpc) is 3.37. The van der Waals surface area contributed by atoms with Crippen molar-refractivity contribution in [2.75, 3.05) is 13.1 Å². The van der Waals surface area contributed by atoms with Gasteiger partial charge in [-0.3, -0.25) is 19.3 Å². The molecule has 4 rings (SSSR count). The number of hydrogen-bond acceptors (Lipinski definition) is 5. The minimum Gasteiger partial charge on any atom is -0.350 e. The number of benzene rings is 2. The van der Waals surface area contributed by atoms with Gasteiger partial charge in [0.25, 0.3) is 17.1 Å². The summed E-state index contributed by atoms with van der Waals surface area (Å²) in [6, 6.07) is 16.4. The van der Waals surface area contributed by atoms with E-state index in [0.717, 1.165) is 27.9 Å². The van der Waals surface area contributed by atoms with Gasteiger partial charge in [0.15, 0.2) is 0 Å². The maximum Gasteiger partial charge on any atom is 0.293 e. The summed E-state index contributed by atoms with van der Waals surface area (Å²) in [5.74, 6) is -0.707. The quantitative estimate of drug-likeness (QED) is 0.571. The summed E-state index contributed by atoms with van der Waals surface area (Å²) in [6.07, 6.45) is 4.74. The Morgan fingerprint density at radius 3 is 2.58 bits per heavy atom. The van der Waals surface area contributed by atoms with Gasteiger partial charge in [-0.05, 0) is 47.7 Å². The van der Waals surface area contributed by atoms with Gasteiger partial charge in [0, 0.05) is 24.3 Å². The van der Waals surface area contributed by atoms with Crippen molar-refractivity contribution < 1.29 is 14.4 Å². The summed E-state index contributed by atoms with van der Waals surface area (Å²) in [5, 5.41) is 7.14. The Balaban J connectivity index is 1.33. The van der Waals surface area contributed by atoms with Crippen molar-refractivity contribution in [3.05, 3.63) is 88.0 Å². The molecule has 156 valence electrons. The van der Waals surface area contributed by atoms with E-state index in [1.54, 1.807) is 41.2 Å². The zero-order chi connectivity index (χ0) is 21.8. The molecular weight excluding hydrogens is 436 g/mol. The van der Waals surface area contributed by atoms with Crippen molar-refractivity contribution in [1.82, 2.24) is 20.0 Å². The Labute approximate surface area is 187 Å². The first-order valence-corrected chi connectivity index (χ1v) is 10.6. The molecule has 2 heterocycles. The lowest BCUT2D eigenvalue weighted by atomic mass is 10.2. The van der Waals surface area contributed by atoms with E-state index in [-0.39, 0.29) is 30.1 Å². The Bertz CT molecular complexity index is 1160. The highest BCUT2D eigenvalue weighted by atomic mass is 35.5. The fourth-order valence-corrected chi connectivity index (χ4v) is 3.94. The number of halogens is 1. The van der Waals surface area contributed by atoms with E-state index in [4.69, 9.17) is 11.6 Å². The smallest absolute Gasteiger partial charge is 0.293 e. The maximum absolute atomic E-state index is 12.6. The first-order chi connectivity index (χ1) is 15.0. The van der Waals surface area contributed by atoms with Crippen LogP contribution in [0.5, 0.6) is 0 Å². The lowest BCUT2D eigenvalue weighted by Crippen LogP contribution is -2.37. The predicted molar refractivity (Wildman–Crippen MR) is 120 cm³/mol. The molecule has 1 saturated heterocycles. The molecule has 0 radical (unpaired) electrons. The standard InChI is InChI=1S/C22H17ClN4O3S/c23-17-8-6-15(7-9-17)12-19-21(29)26(22(30)31-19)11-10-24-20(28)16-13-25-27(14-16)18-4-2-1-3-5-18/h1-9,12-14H,10-11H2,(H,24,28)/b19-12-. The number of carbonyl (C=O) groups excluding carboxylic acids is 3. The van der Waals surface area contributed by atoms with Crippen LogP contribution >= 0.6 is 23.4 Å². The van der Waals surface area contributed by atoms with Crippen LogP contribution in [0, 0.1) is 0 Å². The average molecular weight is 453 g/mol. The lowest BCUT2D eigenvalue weighted by Gasteiger charge is -2.12. The van der Waals surface area contributed by atoms with Gasteiger partial charge in [-0.25, -0.2) is 4.68 Å². The molecular formula is C22H17ClN4O3S. The maximum atomic E-state index is 12.6. The number of para-hydroxylation sites is 1. The van der Waals surface area contributed by atoms with Crippen LogP contribution in [0.1, 0.15) is 15.9 Å². The lowest BCUT2D eigenvalue weighted by molar-refractivity contribution is -0.122. The molecule has 0 spiro atoms. The zero-order valence-corrected chi connectivity index (χ0v) is 17.8. The Hall–Kier alpha value is -3.36. The predicted octanol–water partition coefficient (Wildman–Crippen LogP) is 3.99. The molecule has 3 aromatic rings. The summed E-state index contributed by atoms with van der Waals surface area (Å²) in [4.78, 5) is 38.6. The van der Waals surface area contributed by atoms with Crippen LogP contribution in [0.4, 0.5) is 4.79 Å². The molecule has 2 aromatic carbocycles. The Morgan fingerprint density at radius 1 is 1.10 bits per heavy atom. The van der Waals surface area contributed by atoms with Crippen LogP contribution in [0.2, 0.25) is 5.02 Å². The SMILES string of the molecule is O=C(NCCN1C(=O)S/C(=C\c2ccc(Cl)cc2)C1=O)c1cnn(-c2ccccc2)c1. The van der Waals surface area contributed by atoms with Crippen LogP contribution < -0.4 is 5.32 Å². The van der Waals surface area contributed by atoms with Crippen molar-refractivity contribution in [2.24, 2.45) is 0 Å². The van der Waals surface area contributed by atoms with Gasteiger partial charge in [-0.1, -0.05) is 41.9 Å². The fraction of sp³-hybridized carbons (Fsp3) is 0.0909. The molecule has 1 aliphatic rings. The molecule has 3 amide bonds. The number of thioether (sulfide) groups is 1. The van der Waals surface area contributed by atoms with Crippen LogP contribution in [0.15, 0.2) is 71.9 Å². The van der Waals surface area contributed by atoms with E-state index in [2.05, 4.69) is 10.4 Å². The van der Waals surface area contributed by atoms with E-state index in [0.29, 0.717) is 15.5 Å². The third-order valence-corrected chi connectivity index (χ3v) is 5.69. The first-order valence-electron chi connectivity index (χ1n) is 9.40. The number of imide groups is 1. The number of nitrogens with zero attached hydrogens (tertiary/aromatic N) is 3. The molecule has 31 heavy (non-hydrogen) atoms. The molecule has 9 heteroatoms. The molecule has 0 atom stereocenters. The normalized spacial score (nSPS) is 15.0. The summed E-state index contributed by atoms with van der Waals surface area (Å²) in [7, 11) is 0. The molecule has 0 bridgehead atoms. The monoisotopic (exact) mass is 452 g/mol. The largest absolute Gasteiger partial charge is 0.350 e. The Kier molecular flexibility index (Phi) is 6.20. The van der Waals surface area contributed by atoms with Crippen LogP contribution in [-0.4, -0.2) is 44.8 Å². The second-order valence-electron chi connectivity index (χ2n) is 6.65. The van der Waals surface area contributed by atoms with Gasteiger partial charge in [0.05, 0.1) is 22.4 Å². The number of amides is 3. The number of hydrogen-bond donors (Lipinski definition) is 1. The number of nitrogens with one attached hydrogen (secondary N) is 1. The van der Waals surface area contributed by atoms with Crippen molar-refractivity contribution in [2.45, 2.75) is 0 Å². The fourth-order valence-electron chi connectivity index (χ4n) is 2.95. The third kappa shape index (κ3) is 4.87. The van der Waals surface area contributed by atoms with Gasteiger partial charge < -0.3 is 5.32 Å². The first kappa shape index (κ1) is 20.9. The minimum atomic E-state index is -0.379. The van der Waals surface area contributed by atoms with E-state index >= 15 is 0 Å². The summed E-state index contributed by atoms with van der Waals surface area (Å²) in [5.41, 5.74) is 2.01. The highest BCUT2D eigenvalue weighted by Gasteiger charge is 2.34. The van der Waals surface area contributed by atoms with Crippen molar-refractivity contribution >= 4 is 46.5 Å². The number of rotatable bonds is 6. The van der Waals surface area contributed by atoms with Crippen LogP contribution in [0.25, 0.3) is 11.8 Å². The molecule has 0 unspecified atom stereocenters. The van der Waals surface area contributed by atoms with E-state index in [1.807, 2.05) is 30.3 Å². The highest BCUT2D eigenvalue weighted by Crippen LogP contribution is 2.32. The Morgan fingerprint density at radius 2 is 1.84 bits per heavy atom. The van der Waals surface area contributed by atoms with Gasteiger partial charge >= 0.3 is 0 Å². The molecule has 0 saturated carbocycles. The topological polar surface area (TPSA) is 84.3 Å². The third-order valence-electron chi connectivity index (χ3n) is 4.53. The van der Waals surface area contributed by atoms with Crippen molar-refractivity contribution in [1.29, 1.82) is 0 Å². The van der Waals surface area contributed by atoms with Crippen LogP contribution in [0.3, 0.4) is 0 Å². The molecule has 7 nitrogen and oxygen atoms in total. The molecule has 1 aromatic heterocycles. The summed E-state index contributed by atoms with van der Waals surface area (Å²) < 4.78 is 1.60. The second-order valence-corrected chi connectivity index (χ2v) is 8.08. The van der Waals surface area contributed by atoms with Gasteiger partial charge in [0.2, 0.25) is 0 Å². The highest BCUT2D eigenvalue weighted by molar-refractivity contribution is 8.18. The van der Waals surface area contributed by atoms with Gasteiger partial charge in [-0.2, -0.15) is 5.10 Å². The van der Waals surface area contributed by atoms with Crippen molar-refractivity contribution in [3.63, 3.8) is 0 Å². The molecule has 1 aliphatic heterocycles. The number of carbonyl (C=O) groups is 3. The van der Waals surface area contributed by atoms with E-state index in [9.17, 15) is 14.4 Å². The second kappa shape index (κ2) is 9.20. The summed E-state index contributed by atoms with van der Waals surface area (Å²) in [6.45, 7) is 0.225. The van der Waals surface area contributed by atoms with Gasteiger partial charge in [0.1, 0.15) is 0 Å². The molecule has 0 aliphatic carbocycles. The minimum absolute atomic E-state index is 0.0845. The zero-order valence-electron chi connectivity index (χ0n) is 16.2. The number of aromatic nitrogens is 2. The van der Waals surface area contributed by atoms with E-state index < -0.39 is 0 Å². The molecule has 1 fully saturated rings. The van der Waals surface area contributed by atoms with Crippen molar-refractivity contribution in [3.8, 4) is 5.69 Å². The van der Waals surface area contributed by atoms with Crippen LogP contribution in [-0.2, 0) is 4.79 Å². The van der Waals surface area contributed by atoms with E-state index in [1.165, 1.54) is 6.20 Å².